The van der Waals surface area contributed by atoms with E-state index in [1.807, 2.05) is 0 Å². The van der Waals surface area contributed by atoms with Crippen molar-refractivity contribution in [1.82, 2.24) is 5.32 Å². The Balaban J connectivity index is 2.73. The van der Waals surface area contributed by atoms with Crippen LogP contribution in [-0.2, 0) is 6.54 Å². The van der Waals surface area contributed by atoms with Crippen LogP contribution in [0.2, 0.25) is 0 Å². The third-order valence-electron chi connectivity index (χ3n) is 2.35. The van der Waals surface area contributed by atoms with Crippen molar-refractivity contribution in [1.29, 1.82) is 0 Å². The minimum absolute atomic E-state index is 0.584. The summed E-state index contributed by atoms with van der Waals surface area (Å²) < 4.78 is 5.72. The Morgan fingerprint density at radius 2 is 2.25 bits per heavy atom. The molecule has 0 spiro atoms. The van der Waals surface area contributed by atoms with Gasteiger partial charge in [0.1, 0.15) is 5.75 Å². The highest BCUT2D eigenvalue weighted by Gasteiger charge is 2.05. The van der Waals surface area contributed by atoms with Crippen LogP contribution >= 0.6 is 0 Å². The second-order valence-corrected chi connectivity index (χ2v) is 3.65. The first-order valence-electron chi connectivity index (χ1n) is 5.65. The third kappa shape index (κ3) is 3.60. The minimum atomic E-state index is 0.584. The first-order chi connectivity index (χ1) is 7.79. The molecule has 0 fully saturated rings. The summed E-state index contributed by atoms with van der Waals surface area (Å²) in [5.41, 5.74) is 2.35. The summed E-state index contributed by atoms with van der Waals surface area (Å²) in [4.78, 5) is 0. The Morgan fingerprint density at radius 1 is 1.44 bits per heavy atom. The van der Waals surface area contributed by atoms with Crippen LogP contribution in [-0.4, -0.2) is 13.2 Å². The molecule has 1 aromatic carbocycles. The first-order valence-corrected chi connectivity index (χ1v) is 5.65. The molecule has 0 saturated heterocycles. The molecule has 0 atom stereocenters. The molecule has 16 heavy (non-hydrogen) atoms. The average molecular weight is 217 g/mol. The number of benzene rings is 1. The van der Waals surface area contributed by atoms with Crippen molar-refractivity contribution in [2.24, 2.45) is 0 Å². The zero-order valence-electron chi connectivity index (χ0n) is 10.0. The maximum atomic E-state index is 5.72. The molecule has 0 aromatic heterocycles. The first kappa shape index (κ1) is 12.6. The number of rotatable bonds is 6. The molecule has 0 heterocycles. The van der Waals surface area contributed by atoms with E-state index in [-0.39, 0.29) is 0 Å². The standard InChI is InChI=1S/C14H19NO/c1-4-6-10-16-14-12(3)8-7-9-13(14)11-15-5-2/h1,7-9,15H,5-6,10-11H2,2-3H3. The summed E-state index contributed by atoms with van der Waals surface area (Å²) in [6.07, 6.45) is 5.85. The van der Waals surface area contributed by atoms with Gasteiger partial charge < -0.3 is 10.1 Å². The van der Waals surface area contributed by atoms with E-state index >= 15 is 0 Å². The molecule has 0 aliphatic rings. The fraction of sp³-hybridized carbons (Fsp3) is 0.429. The summed E-state index contributed by atoms with van der Waals surface area (Å²) in [6.45, 7) is 6.52. The van der Waals surface area contributed by atoms with Crippen molar-refractivity contribution in [3.8, 4) is 18.1 Å². The van der Waals surface area contributed by atoms with Gasteiger partial charge in [0.2, 0.25) is 0 Å². The van der Waals surface area contributed by atoms with Gasteiger partial charge in [-0.15, -0.1) is 12.3 Å². The summed E-state index contributed by atoms with van der Waals surface area (Å²) in [5.74, 6) is 3.55. The number of ether oxygens (including phenoxy) is 1. The highest BCUT2D eigenvalue weighted by molar-refractivity contribution is 5.40. The van der Waals surface area contributed by atoms with Crippen LogP contribution < -0.4 is 10.1 Å². The lowest BCUT2D eigenvalue weighted by molar-refractivity contribution is 0.320. The van der Waals surface area contributed by atoms with Crippen LogP contribution in [0, 0.1) is 19.3 Å². The Bertz CT molecular complexity index is 365. The van der Waals surface area contributed by atoms with Crippen LogP contribution in [0.5, 0.6) is 5.75 Å². The Labute approximate surface area is 98.0 Å². The van der Waals surface area contributed by atoms with Gasteiger partial charge in [-0.1, -0.05) is 25.1 Å². The topological polar surface area (TPSA) is 21.3 Å². The van der Waals surface area contributed by atoms with E-state index < -0.39 is 0 Å². The predicted molar refractivity (Wildman–Crippen MR) is 67.5 cm³/mol. The maximum absolute atomic E-state index is 5.72. The van der Waals surface area contributed by atoms with Crippen molar-refractivity contribution in [3.63, 3.8) is 0 Å². The molecular formula is C14H19NO. The van der Waals surface area contributed by atoms with Crippen LogP contribution in [0.1, 0.15) is 24.5 Å². The largest absolute Gasteiger partial charge is 0.492 e. The predicted octanol–water partition coefficient (Wildman–Crippen LogP) is 2.51. The van der Waals surface area contributed by atoms with Gasteiger partial charge in [0.15, 0.2) is 0 Å². The van der Waals surface area contributed by atoms with Crippen LogP contribution in [0.15, 0.2) is 18.2 Å². The molecule has 0 aliphatic heterocycles. The van der Waals surface area contributed by atoms with Gasteiger partial charge in [-0.05, 0) is 19.0 Å². The molecule has 0 saturated carbocycles. The van der Waals surface area contributed by atoms with Gasteiger partial charge in [-0.2, -0.15) is 0 Å². The molecule has 2 heteroatoms. The quantitative estimate of drug-likeness (QED) is 0.584. The molecule has 1 rings (SSSR count). The number of hydrogen-bond acceptors (Lipinski definition) is 2. The molecule has 1 N–H and O–H groups in total. The zero-order valence-corrected chi connectivity index (χ0v) is 10.0. The normalized spacial score (nSPS) is 9.81. The van der Waals surface area contributed by atoms with Crippen molar-refractivity contribution >= 4 is 0 Å². The van der Waals surface area contributed by atoms with Crippen LogP contribution in [0.3, 0.4) is 0 Å². The Morgan fingerprint density at radius 3 is 2.94 bits per heavy atom. The fourth-order valence-electron chi connectivity index (χ4n) is 1.53. The molecule has 0 aliphatic carbocycles. The highest BCUT2D eigenvalue weighted by Crippen LogP contribution is 2.23. The lowest BCUT2D eigenvalue weighted by Gasteiger charge is -2.13. The van der Waals surface area contributed by atoms with Gasteiger partial charge in [-0.3, -0.25) is 0 Å². The number of nitrogens with one attached hydrogen (secondary N) is 1. The minimum Gasteiger partial charge on any atom is -0.492 e. The molecule has 1 aromatic rings. The van der Waals surface area contributed by atoms with E-state index in [1.54, 1.807) is 0 Å². The zero-order chi connectivity index (χ0) is 11.8. The van der Waals surface area contributed by atoms with Gasteiger partial charge in [0.25, 0.3) is 0 Å². The number of para-hydroxylation sites is 1. The Kier molecular flexibility index (Phi) is 5.45. The van der Waals surface area contributed by atoms with Gasteiger partial charge in [0, 0.05) is 18.5 Å². The van der Waals surface area contributed by atoms with Crippen molar-refractivity contribution < 1.29 is 4.74 Å². The maximum Gasteiger partial charge on any atom is 0.126 e. The van der Waals surface area contributed by atoms with E-state index in [0.29, 0.717) is 13.0 Å². The summed E-state index contributed by atoms with van der Waals surface area (Å²) >= 11 is 0. The molecule has 0 radical (unpaired) electrons. The SMILES string of the molecule is C#CCCOc1c(C)cccc1CNCC. The fourth-order valence-corrected chi connectivity index (χ4v) is 1.53. The Hall–Kier alpha value is -1.46. The molecule has 2 nitrogen and oxygen atoms in total. The highest BCUT2D eigenvalue weighted by atomic mass is 16.5. The number of terminal acetylenes is 1. The van der Waals surface area contributed by atoms with E-state index in [9.17, 15) is 0 Å². The third-order valence-corrected chi connectivity index (χ3v) is 2.35. The number of aryl methyl sites for hydroxylation is 1. The average Bonchev–Trinajstić information content (AvgIpc) is 2.29. The monoisotopic (exact) mass is 217 g/mol. The smallest absolute Gasteiger partial charge is 0.126 e. The van der Waals surface area contributed by atoms with Gasteiger partial charge in [-0.25, -0.2) is 0 Å². The van der Waals surface area contributed by atoms with Crippen LogP contribution in [0.4, 0.5) is 0 Å². The van der Waals surface area contributed by atoms with Crippen molar-refractivity contribution in [2.45, 2.75) is 26.8 Å². The molecular weight excluding hydrogens is 198 g/mol. The second-order valence-electron chi connectivity index (χ2n) is 3.65. The van der Waals surface area contributed by atoms with E-state index in [0.717, 1.165) is 24.4 Å². The lowest BCUT2D eigenvalue weighted by Crippen LogP contribution is -2.13. The number of hydrogen-bond donors (Lipinski definition) is 1. The molecule has 86 valence electrons. The van der Waals surface area contributed by atoms with Crippen molar-refractivity contribution in [2.75, 3.05) is 13.2 Å². The second kappa shape index (κ2) is 6.92. The van der Waals surface area contributed by atoms with Gasteiger partial charge in [0.05, 0.1) is 6.61 Å². The van der Waals surface area contributed by atoms with Crippen molar-refractivity contribution in [3.05, 3.63) is 29.3 Å². The van der Waals surface area contributed by atoms with E-state index in [4.69, 9.17) is 11.2 Å². The summed E-state index contributed by atoms with van der Waals surface area (Å²) in [5, 5.41) is 3.30. The van der Waals surface area contributed by atoms with Gasteiger partial charge >= 0.3 is 0 Å². The van der Waals surface area contributed by atoms with Crippen LogP contribution in [0.25, 0.3) is 0 Å². The molecule has 0 amide bonds. The summed E-state index contributed by atoms with van der Waals surface area (Å²) in [7, 11) is 0. The molecule has 0 bridgehead atoms. The molecule has 0 unspecified atom stereocenters. The van der Waals surface area contributed by atoms with E-state index in [1.165, 1.54) is 5.56 Å². The van der Waals surface area contributed by atoms with E-state index in [2.05, 4.69) is 43.3 Å². The summed E-state index contributed by atoms with van der Waals surface area (Å²) in [6, 6.07) is 6.19. The lowest BCUT2D eigenvalue weighted by atomic mass is 10.1.